The number of rotatable bonds is 6. The Hall–Kier alpha value is -1.79. The number of carbonyl (C=O) groups is 2. The fraction of sp³-hybridized carbons (Fsp3) is 0.846. The lowest BCUT2D eigenvalue weighted by molar-refractivity contribution is -0.205. The Kier molecular flexibility index (Phi) is 5.99. The minimum Gasteiger partial charge on any atom is -0.455 e. The average Bonchev–Trinajstić information content (AvgIpc) is 2.65. The molecule has 8 heteroatoms. The first-order chi connectivity index (χ1) is 9.90. The van der Waals surface area contributed by atoms with Crippen LogP contribution in [0.3, 0.4) is 0 Å². The number of azide groups is 1. The first-order valence-electron chi connectivity index (χ1n) is 6.96. The van der Waals surface area contributed by atoms with Gasteiger partial charge in [-0.05, 0) is 18.4 Å². The molecule has 0 radical (unpaired) electrons. The first-order valence-corrected chi connectivity index (χ1v) is 6.96. The standard InChI is InChI=1S/C13H21N3O5/c1-5-7-13(6-2)11(15-16-14)10(19-8(3)17)12(21-13)20-9(4)18/h10-12H,5-7H2,1-4H3/t10-,11+,12?,13+/m1/s1. The van der Waals surface area contributed by atoms with Gasteiger partial charge in [-0.1, -0.05) is 25.4 Å². The van der Waals surface area contributed by atoms with Crippen LogP contribution in [0.25, 0.3) is 10.4 Å². The van der Waals surface area contributed by atoms with E-state index < -0.39 is 36.0 Å². The molecule has 0 amide bonds. The zero-order valence-electron chi connectivity index (χ0n) is 12.7. The topological polar surface area (TPSA) is 111 Å². The molecule has 1 rings (SSSR count). The maximum absolute atomic E-state index is 11.3. The Morgan fingerprint density at radius 1 is 1.29 bits per heavy atom. The minimum atomic E-state index is -1.06. The van der Waals surface area contributed by atoms with Crippen molar-refractivity contribution in [3.8, 4) is 0 Å². The lowest BCUT2D eigenvalue weighted by Gasteiger charge is -2.30. The van der Waals surface area contributed by atoms with Crippen LogP contribution in [-0.2, 0) is 23.8 Å². The third-order valence-electron chi connectivity index (χ3n) is 3.50. The van der Waals surface area contributed by atoms with Crippen molar-refractivity contribution in [1.29, 1.82) is 0 Å². The Labute approximate surface area is 123 Å². The smallest absolute Gasteiger partial charge is 0.305 e. The van der Waals surface area contributed by atoms with Crippen molar-refractivity contribution in [2.24, 2.45) is 5.11 Å². The third-order valence-corrected chi connectivity index (χ3v) is 3.50. The van der Waals surface area contributed by atoms with Crippen molar-refractivity contribution < 1.29 is 23.8 Å². The van der Waals surface area contributed by atoms with Gasteiger partial charge in [-0.25, -0.2) is 0 Å². The van der Waals surface area contributed by atoms with Crippen LogP contribution < -0.4 is 0 Å². The van der Waals surface area contributed by atoms with E-state index in [4.69, 9.17) is 19.7 Å². The SMILES string of the molecule is CCC[C@]1(CC)OC(OC(C)=O)[C@H](OC(C)=O)[C@@H]1N=[N+]=[N-]. The fourth-order valence-corrected chi connectivity index (χ4v) is 2.71. The number of ether oxygens (including phenoxy) is 3. The van der Waals surface area contributed by atoms with Crippen molar-refractivity contribution in [1.82, 2.24) is 0 Å². The molecular weight excluding hydrogens is 278 g/mol. The highest BCUT2D eigenvalue weighted by Gasteiger charge is 2.56. The quantitative estimate of drug-likeness (QED) is 0.324. The Balaban J connectivity index is 3.19. The van der Waals surface area contributed by atoms with E-state index >= 15 is 0 Å². The highest BCUT2D eigenvalue weighted by Crippen LogP contribution is 2.41. The summed E-state index contributed by atoms with van der Waals surface area (Å²) in [7, 11) is 0. The van der Waals surface area contributed by atoms with Crippen LogP contribution in [0.15, 0.2) is 5.11 Å². The second-order valence-electron chi connectivity index (χ2n) is 4.99. The summed E-state index contributed by atoms with van der Waals surface area (Å²) in [6, 6.07) is -0.735. The van der Waals surface area contributed by atoms with Crippen molar-refractivity contribution in [2.45, 2.75) is 71.0 Å². The van der Waals surface area contributed by atoms with Crippen LogP contribution >= 0.6 is 0 Å². The summed E-state index contributed by atoms with van der Waals surface area (Å²) in [4.78, 5) is 25.3. The molecule has 1 fully saturated rings. The first kappa shape index (κ1) is 17.3. The molecule has 1 heterocycles. The lowest BCUT2D eigenvalue weighted by Crippen LogP contribution is -2.42. The molecule has 118 valence electrons. The summed E-state index contributed by atoms with van der Waals surface area (Å²) in [5.74, 6) is -1.11. The predicted molar refractivity (Wildman–Crippen MR) is 73.1 cm³/mol. The second kappa shape index (κ2) is 7.28. The van der Waals surface area contributed by atoms with Crippen molar-refractivity contribution in [2.75, 3.05) is 0 Å². The molecule has 0 spiro atoms. The average molecular weight is 299 g/mol. The van der Waals surface area contributed by atoms with Gasteiger partial charge in [-0.15, -0.1) is 0 Å². The molecule has 0 aliphatic carbocycles. The number of nitrogens with zero attached hydrogens (tertiary/aromatic N) is 3. The normalized spacial score (nSPS) is 31.3. The van der Waals surface area contributed by atoms with Gasteiger partial charge >= 0.3 is 11.9 Å². The van der Waals surface area contributed by atoms with Gasteiger partial charge in [0.15, 0.2) is 6.10 Å². The van der Waals surface area contributed by atoms with E-state index in [0.717, 1.165) is 6.42 Å². The molecule has 1 aliphatic heterocycles. The highest BCUT2D eigenvalue weighted by atomic mass is 16.7. The van der Waals surface area contributed by atoms with E-state index in [1.807, 2.05) is 13.8 Å². The molecule has 0 N–H and O–H groups in total. The van der Waals surface area contributed by atoms with Gasteiger partial charge < -0.3 is 14.2 Å². The Bertz CT molecular complexity index is 449. The number of esters is 2. The summed E-state index contributed by atoms with van der Waals surface area (Å²) >= 11 is 0. The van der Waals surface area contributed by atoms with E-state index in [1.165, 1.54) is 13.8 Å². The van der Waals surface area contributed by atoms with Gasteiger partial charge in [0, 0.05) is 18.8 Å². The van der Waals surface area contributed by atoms with E-state index in [-0.39, 0.29) is 0 Å². The van der Waals surface area contributed by atoms with E-state index in [1.54, 1.807) is 0 Å². The van der Waals surface area contributed by atoms with Crippen LogP contribution in [0.2, 0.25) is 0 Å². The van der Waals surface area contributed by atoms with Crippen molar-refractivity contribution in [3.05, 3.63) is 10.4 Å². The molecule has 1 aliphatic rings. The van der Waals surface area contributed by atoms with Crippen LogP contribution in [-0.4, -0.2) is 36.0 Å². The molecule has 0 aromatic carbocycles. The van der Waals surface area contributed by atoms with Gasteiger partial charge in [-0.3, -0.25) is 9.59 Å². The van der Waals surface area contributed by atoms with Gasteiger partial charge in [0.25, 0.3) is 0 Å². The number of hydrogen-bond acceptors (Lipinski definition) is 6. The Morgan fingerprint density at radius 3 is 2.33 bits per heavy atom. The van der Waals surface area contributed by atoms with E-state index in [9.17, 15) is 9.59 Å². The molecule has 0 bridgehead atoms. The zero-order valence-corrected chi connectivity index (χ0v) is 12.7. The molecular formula is C13H21N3O5. The maximum Gasteiger partial charge on any atom is 0.305 e. The van der Waals surface area contributed by atoms with E-state index in [2.05, 4.69) is 10.0 Å². The molecule has 0 aromatic heterocycles. The summed E-state index contributed by atoms with van der Waals surface area (Å²) in [6.07, 6.45) is -0.0737. The van der Waals surface area contributed by atoms with Crippen LogP contribution in [0.4, 0.5) is 0 Å². The van der Waals surface area contributed by atoms with Crippen molar-refractivity contribution >= 4 is 11.9 Å². The maximum atomic E-state index is 11.3. The van der Waals surface area contributed by atoms with E-state index in [0.29, 0.717) is 12.8 Å². The minimum absolute atomic E-state index is 0.542. The second-order valence-corrected chi connectivity index (χ2v) is 4.99. The molecule has 1 unspecified atom stereocenters. The molecule has 0 aromatic rings. The monoisotopic (exact) mass is 299 g/mol. The van der Waals surface area contributed by atoms with Gasteiger partial charge in [-0.2, -0.15) is 0 Å². The largest absolute Gasteiger partial charge is 0.455 e. The molecule has 4 atom stereocenters. The summed E-state index contributed by atoms with van der Waals surface area (Å²) in [6.45, 7) is 6.33. The molecule has 0 saturated carbocycles. The van der Waals surface area contributed by atoms with Crippen LogP contribution in [0.5, 0.6) is 0 Å². The zero-order chi connectivity index (χ0) is 16.0. The van der Waals surface area contributed by atoms with Crippen molar-refractivity contribution in [3.63, 3.8) is 0 Å². The Morgan fingerprint density at radius 2 is 1.90 bits per heavy atom. The number of carbonyl (C=O) groups excluding carboxylic acids is 2. The van der Waals surface area contributed by atoms with Crippen LogP contribution in [0, 0.1) is 0 Å². The van der Waals surface area contributed by atoms with Gasteiger partial charge in [0.1, 0.15) is 6.04 Å². The predicted octanol–water partition coefficient (Wildman–Crippen LogP) is 2.47. The summed E-state index contributed by atoms with van der Waals surface area (Å²) in [5.41, 5.74) is 7.99. The number of hydrogen-bond donors (Lipinski definition) is 0. The van der Waals surface area contributed by atoms with Gasteiger partial charge in [0.2, 0.25) is 6.29 Å². The molecule has 1 saturated heterocycles. The van der Waals surface area contributed by atoms with Gasteiger partial charge in [0.05, 0.1) is 5.60 Å². The highest BCUT2D eigenvalue weighted by molar-refractivity contribution is 5.67. The summed E-state index contributed by atoms with van der Waals surface area (Å²) < 4.78 is 16.1. The molecule has 8 nitrogen and oxygen atoms in total. The summed E-state index contributed by atoms with van der Waals surface area (Å²) in [5, 5.41) is 3.75. The molecule has 21 heavy (non-hydrogen) atoms. The lowest BCUT2D eigenvalue weighted by atomic mass is 9.86. The van der Waals surface area contributed by atoms with Crippen LogP contribution in [0.1, 0.15) is 47.0 Å². The fourth-order valence-electron chi connectivity index (χ4n) is 2.71. The third kappa shape index (κ3) is 3.86.